The van der Waals surface area contributed by atoms with Gasteiger partial charge in [-0.05, 0) is 41.6 Å². The van der Waals surface area contributed by atoms with Crippen LogP contribution in [0.1, 0.15) is 15.9 Å². The van der Waals surface area contributed by atoms with E-state index in [1.54, 1.807) is 48.5 Å². The van der Waals surface area contributed by atoms with Gasteiger partial charge in [0.2, 0.25) is 0 Å². The van der Waals surface area contributed by atoms with Gasteiger partial charge in [-0.2, -0.15) is 0 Å². The lowest BCUT2D eigenvalue weighted by Crippen LogP contribution is -2.19. The summed E-state index contributed by atoms with van der Waals surface area (Å²) >= 11 is 7.19. The average Bonchev–Trinajstić information content (AvgIpc) is 2.89. The number of amides is 1. The van der Waals surface area contributed by atoms with Crippen LogP contribution in [-0.2, 0) is 4.79 Å². The number of halogens is 1. The number of hydrogen-bond acceptors (Lipinski definition) is 4. The van der Waals surface area contributed by atoms with E-state index >= 15 is 0 Å². The fraction of sp³-hybridized carbons (Fsp3) is 0. The van der Waals surface area contributed by atoms with Crippen molar-refractivity contribution in [2.45, 2.75) is 0 Å². The number of hydrogen-bond donors (Lipinski definition) is 2. The maximum Gasteiger partial charge on any atom is 0.336 e. The highest BCUT2D eigenvalue weighted by Gasteiger charge is 2.24. The molecule has 1 heterocycles. The van der Waals surface area contributed by atoms with E-state index in [4.69, 9.17) is 11.6 Å². The average molecular weight is 359 g/mol. The van der Waals surface area contributed by atoms with Crippen LogP contribution in [0, 0.1) is 0 Å². The minimum atomic E-state index is -1.05. The van der Waals surface area contributed by atoms with Gasteiger partial charge in [0.25, 0.3) is 5.91 Å². The van der Waals surface area contributed by atoms with Crippen LogP contribution in [-0.4, -0.2) is 22.2 Å². The zero-order valence-corrected chi connectivity index (χ0v) is 13.8. The monoisotopic (exact) mass is 358 g/mol. The molecule has 5 nitrogen and oxygen atoms in total. The van der Waals surface area contributed by atoms with E-state index in [1.807, 2.05) is 0 Å². The van der Waals surface area contributed by atoms with Crippen LogP contribution in [0.4, 0.5) is 5.69 Å². The molecule has 2 aromatic rings. The molecule has 7 heteroatoms. The summed E-state index contributed by atoms with van der Waals surface area (Å²) in [7, 11) is 0. The summed E-state index contributed by atoms with van der Waals surface area (Å²) in [6, 6.07) is 13.5. The molecule has 0 atom stereocenters. The van der Waals surface area contributed by atoms with Gasteiger partial charge >= 0.3 is 5.97 Å². The standard InChI is InChI=1S/C17H11ClN2O3S/c18-12-7-3-4-8-13(12)19-17-20-15(21)14(24-17)9-10-5-1-2-6-11(10)16(22)23/h1-9H,(H,22,23)(H,19,20,21)/b14-9-. The number of thioether (sulfide) groups is 1. The lowest BCUT2D eigenvalue weighted by atomic mass is 10.1. The van der Waals surface area contributed by atoms with Crippen LogP contribution >= 0.6 is 23.4 Å². The van der Waals surface area contributed by atoms with Gasteiger partial charge in [0.05, 0.1) is 21.2 Å². The molecule has 1 saturated heterocycles. The number of rotatable bonds is 3. The maximum absolute atomic E-state index is 12.1. The van der Waals surface area contributed by atoms with E-state index in [1.165, 1.54) is 6.07 Å². The van der Waals surface area contributed by atoms with Crippen LogP contribution in [0.2, 0.25) is 5.02 Å². The Bertz CT molecular complexity index is 893. The van der Waals surface area contributed by atoms with E-state index < -0.39 is 5.97 Å². The first kappa shape index (κ1) is 16.3. The Morgan fingerprint density at radius 2 is 1.88 bits per heavy atom. The van der Waals surface area contributed by atoms with Gasteiger partial charge in [0.1, 0.15) is 0 Å². The third-order valence-electron chi connectivity index (χ3n) is 3.20. The summed E-state index contributed by atoms with van der Waals surface area (Å²) in [5, 5.41) is 12.7. The molecule has 0 aliphatic carbocycles. The quantitative estimate of drug-likeness (QED) is 0.815. The first-order chi connectivity index (χ1) is 11.5. The largest absolute Gasteiger partial charge is 0.478 e. The number of aromatic carboxylic acids is 1. The van der Waals surface area contributed by atoms with Crippen molar-refractivity contribution >= 4 is 52.2 Å². The smallest absolute Gasteiger partial charge is 0.336 e. The molecule has 0 spiro atoms. The molecule has 0 aromatic heterocycles. The number of aliphatic imine (C=N–C) groups is 1. The number of amidine groups is 1. The van der Waals surface area contributed by atoms with Crippen LogP contribution < -0.4 is 5.32 Å². The number of carboxylic acids is 1. The highest BCUT2D eigenvalue weighted by molar-refractivity contribution is 8.18. The Balaban J connectivity index is 1.91. The lowest BCUT2D eigenvalue weighted by molar-refractivity contribution is -0.115. The molecule has 0 bridgehead atoms. The first-order valence-electron chi connectivity index (χ1n) is 6.91. The van der Waals surface area contributed by atoms with Gasteiger partial charge in [-0.25, -0.2) is 9.79 Å². The molecular formula is C17H11ClN2O3S. The molecule has 1 aliphatic rings. The summed E-state index contributed by atoms with van der Waals surface area (Å²) in [6.45, 7) is 0. The molecule has 24 heavy (non-hydrogen) atoms. The Hall–Kier alpha value is -2.57. The number of benzene rings is 2. The van der Waals surface area contributed by atoms with Crippen LogP contribution in [0.15, 0.2) is 58.4 Å². The number of nitrogens with one attached hydrogen (secondary N) is 1. The predicted molar refractivity (Wildman–Crippen MR) is 95.7 cm³/mol. The van der Waals surface area contributed by atoms with Crippen molar-refractivity contribution in [2.24, 2.45) is 4.99 Å². The Labute approximate surface area is 147 Å². The topological polar surface area (TPSA) is 78.8 Å². The molecule has 3 rings (SSSR count). The molecular weight excluding hydrogens is 348 g/mol. The van der Waals surface area contributed by atoms with Crippen molar-refractivity contribution in [2.75, 3.05) is 0 Å². The fourth-order valence-electron chi connectivity index (χ4n) is 2.09. The normalized spacial score (nSPS) is 17.3. The summed E-state index contributed by atoms with van der Waals surface area (Å²) in [4.78, 5) is 28.0. The van der Waals surface area contributed by atoms with E-state index in [9.17, 15) is 14.7 Å². The van der Waals surface area contributed by atoms with Crippen molar-refractivity contribution in [3.8, 4) is 0 Å². The van der Waals surface area contributed by atoms with Crippen LogP contribution in [0.25, 0.3) is 6.08 Å². The van der Waals surface area contributed by atoms with Crippen molar-refractivity contribution < 1.29 is 14.7 Å². The van der Waals surface area contributed by atoms with Crippen molar-refractivity contribution in [1.82, 2.24) is 5.32 Å². The molecule has 1 amide bonds. The zero-order chi connectivity index (χ0) is 17.1. The van der Waals surface area contributed by atoms with Gasteiger partial charge in [-0.15, -0.1) is 0 Å². The van der Waals surface area contributed by atoms with Crippen LogP contribution in [0.3, 0.4) is 0 Å². The Kier molecular flexibility index (Phi) is 4.69. The lowest BCUT2D eigenvalue weighted by Gasteiger charge is -2.00. The summed E-state index contributed by atoms with van der Waals surface area (Å²) in [5.74, 6) is -1.37. The maximum atomic E-state index is 12.1. The highest BCUT2D eigenvalue weighted by Crippen LogP contribution is 2.31. The minimum absolute atomic E-state index is 0.134. The third kappa shape index (κ3) is 3.50. The van der Waals surface area contributed by atoms with Crippen molar-refractivity contribution in [3.05, 3.63) is 69.6 Å². The number of carbonyl (C=O) groups is 2. The van der Waals surface area contributed by atoms with Crippen molar-refractivity contribution in [3.63, 3.8) is 0 Å². The Morgan fingerprint density at radius 1 is 1.17 bits per heavy atom. The molecule has 1 aliphatic heterocycles. The summed E-state index contributed by atoms with van der Waals surface area (Å²) < 4.78 is 0. The molecule has 120 valence electrons. The number of nitrogens with zero attached hydrogens (tertiary/aromatic N) is 1. The second-order valence-electron chi connectivity index (χ2n) is 4.83. The molecule has 0 radical (unpaired) electrons. The van der Waals surface area contributed by atoms with E-state index in [0.717, 1.165) is 11.8 Å². The number of carbonyl (C=O) groups excluding carboxylic acids is 1. The van der Waals surface area contributed by atoms with E-state index in [0.29, 0.717) is 26.3 Å². The van der Waals surface area contributed by atoms with Gasteiger partial charge in [0.15, 0.2) is 5.17 Å². The first-order valence-corrected chi connectivity index (χ1v) is 8.10. The molecule has 1 fully saturated rings. The van der Waals surface area contributed by atoms with Gasteiger partial charge in [0, 0.05) is 0 Å². The van der Waals surface area contributed by atoms with E-state index in [-0.39, 0.29) is 11.5 Å². The van der Waals surface area contributed by atoms with Crippen molar-refractivity contribution in [1.29, 1.82) is 0 Å². The Morgan fingerprint density at radius 3 is 2.62 bits per heavy atom. The minimum Gasteiger partial charge on any atom is -0.478 e. The van der Waals surface area contributed by atoms with Gasteiger partial charge < -0.3 is 10.4 Å². The molecule has 2 aromatic carbocycles. The molecule has 2 N–H and O–H groups in total. The number of para-hydroxylation sites is 1. The van der Waals surface area contributed by atoms with Gasteiger partial charge in [-0.3, -0.25) is 4.79 Å². The van der Waals surface area contributed by atoms with Gasteiger partial charge in [-0.1, -0.05) is 41.9 Å². The second-order valence-corrected chi connectivity index (χ2v) is 6.26. The van der Waals surface area contributed by atoms with Crippen LogP contribution in [0.5, 0.6) is 0 Å². The summed E-state index contributed by atoms with van der Waals surface area (Å²) in [6.07, 6.45) is 1.54. The summed E-state index contributed by atoms with van der Waals surface area (Å²) in [5.41, 5.74) is 1.14. The fourth-order valence-corrected chi connectivity index (χ4v) is 3.09. The van der Waals surface area contributed by atoms with E-state index in [2.05, 4.69) is 10.3 Å². The number of carboxylic acid groups (broad SMARTS) is 1. The molecule has 0 saturated carbocycles. The predicted octanol–water partition coefficient (Wildman–Crippen LogP) is 3.93. The second kappa shape index (κ2) is 6.90. The highest BCUT2D eigenvalue weighted by atomic mass is 35.5. The zero-order valence-electron chi connectivity index (χ0n) is 12.2. The molecule has 0 unspecified atom stereocenters. The SMILES string of the molecule is O=C1NC(=Nc2ccccc2Cl)S/C1=C\c1ccccc1C(=O)O. The third-order valence-corrected chi connectivity index (χ3v) is 4.43.